The molecule has 2 aliphatic heterocycles. The summed E-state index contributed by atoms with van der Waals surface area (Å²) in [4.78, 5) is 124. The zero-order valence-electron chi connectivity index (χ0n) is 51.6. The van der Waals surface area contributed by atoms with Crippen LogP contribution in [-0.2, 0) is 41.7 Å². The Morgan fingerprint density at radius 3 is 1.16 bits per heavy atom. The number of benzene rings is 7. The van der Waals surface area contributed by atoms with Crippen molar-refractivity contribution in [2.24, 2.45) is 0 Å². The maximum atomic E-state index is 15.3. The lowest BCUT2D eigenvalue weighted by molar-refractivity contribution is -0.130. The molecular formula is C68H74N8O12. The number of carbonyl (C=O) groups excluding carboxylic acids is 8. The van der Waals surface area contributed by atoms with Crippen molar-refractivity contribution in [1.29, 1.82) is 0 Å². The van der Waals surface area contributed by atoms with Crippen molar-refractivity contribution >= 4 is 91.9 Å². The fourth-order valence-electron chi connectivity index (χ4n) is 10.7. The number of hydrogen-bond donors (Lipinski definition) is 2. The van der Waals surface area contributed by atoms with Gasteiger partial charge in [-0.2, -0.15) is 0 Å². The molecule has 8 amide bonds. The van der Waals surface area contributed by atoms with Crippen LogP contribution in [0.15, 0.2) is 146 Å². The van der Waals surface area contributed by atoms with Crippen LogP contribution < -0.4 is 39.7 Å². The first-order chi connectivity index (χ1) is 41.8. The van der Waals surface area contributed by atoms with Gasteiger partial charge in [-0.25, -0.2) is 9.59 Å². The van der Waals surface area contributed by atoms with Crippen molar-refractivity contribution in [2.75, 3.05) is 61.0 Å². The normalized spacial score (nSPS) is 15.9. The Morgan fingerprint density at radius 2 is 0.818 bits per heavy atom. The van der Waals surface area contributed by atoms with E-state index in [9.17, 15) is 19.2 Å². The second-order valence-corrected chi connectivity index (χ2v) is 23.8. The third-order valence-electron chi connectivity index (χ3n) is 15.6. The molecular weight excluding hydrogens is 1120 g/mol. The zero-order valence-corrected chi connectivity index (χ0v) is 51.6. The molecule has 0 saturated carbocycles. The van der Waals surface area contributed by atoms with Gasteiger partial charge < -0.3 is 49.2 Å². The average Bonchev–Trinajstić information content (AvgIpc) is 2.23. The molecule has 88 heavy (non-hydrogen) atoms. The van der Waals surface area contributed by atoms with Crippen molar-refractivity contribution < 1.29 is 57.3 Å². The predicted molar refractivity (Wildman–Crippen MR) is 337 cm³/mol. The number of likely N-dealkylation sites (N-methyl/N-ethyl adjacent to an activating group) is 2. The first-order valence-corrected chi connectivity index (χ1v) is 28.9. The van der Waals surface area contributed by atoms with E-state index in [-0.39, 0.29) is 37.3 Å². The summed E-state index contributed by atoms with van der Waals surface area (Å²) < 4.78 is 22.8. The van der Waals surface area contributed by atoms with Crippen molar-refractivity contribution in [3.05, 3.63) is 168 Å². The Hall–Kier alpha value is -9.98. The molecule has 7 aromatic carbocycles. The molecule has 2 heterocycles. The van der Waals surface area contributed by atoms with Gasteiger partial charge in [0, 0.05) is 36.3 Å². The third kappa shape index (κ3) is 13.2. The molecule has 0 aromatic heterocycles. The molecule has 0 fully saturated rings. The van der Waals surface area contributed by atoms with E-state index in [0.717, 1.165) is 31.3 Å². The van der Waals surface area contributed by atoms with E-state index < -0.39 is 83.0 Å². The molecule has 0 spiro atoms. The summed E-state index contributed by atoms with van der Waals surface area (Å²) in [5.41, 5.74) is 1.24. The Balaban J connectivity index is 1.07. The molecule has 0 unspecified atom stereocenters. The molecule has 0 aliphatic carbocycles. The number of ether oxygens (including phenoxy) is 4. The number of nitrogens with one attached hydrogen (secondary N) is 2. The van der Waals surface area contributed by atoms with Crippen LogP contribution in [0.3, 0.4) is 0 Å². The highest BCUT2D eigenvalue weighted by Gasteiger charge is 2.42. The fraction of sp³-hybridized carbons (Fsp3) is 0.324. The van der Waals surface area contributed by atoms with Gasteiger partial charge in [0.25, 0.3) is 23.6 Å². The SMILES string of the molecule is COc1ccc2ccccc2c1CN1C(=O)[C@@H](NC(=O)[C@H](C)N(C)C(=O)OC(C)(C)C)CN(C(=O)c2ccc(C(=O)N3C[C@H](NC(=O)[C@H](C)N(C)C(=O)OC(C)(C)C)C(=O)N(Cc4c(OC)ccc5ccccc45)c4ccccc43)cc2)c2ccccc21. The Morgan fingerprint density at radius 1 is 0.489 bits per heavy atom. The van der Waals surface area contributed by atoms with Gasteiger partial charge in [-0.05, 0) is 138 Å². The molecule has 7 aromatic rings. The summed E-state index contributed by atoms with van der Waals surface area (Å²) in [6.07, 6.45) is -1.51. The van der Waals surface area contributed by atoms with Gasteiger partial charge >= 0.3 is 12.2 Å². The van der Waals surface area contributed by atoms with E-state index in [1.165, 1.54) is 71.8 Å². The molecule has 2 aliphatic rings. The molecule has 0 saturated heterocycles. The maximum absolute atomic E-state index is 15.3. The molecule has 20 heteroatoms. The molecule has 9 rings (SSSR count). The van der Waals surface area contributed by atoms with E-state index in [2.05, 4.69) is 10.6 Å². The number of rotatable bonds is 14. The van der Waals surface area contributed by atoms with Crippen LogP contribution in [-0.4, -0.2) is 134 Å². The Kier molecular flexibility index (Phi) is 18.2. The van der Waals surface area contributed by atoms with Gasteiger partial charge in [0.15, 0.2) is 0 Å². The largest absolute Gasteiger partial charge is 0.496 e. The van der Waals surface area contributed by atoms with Crippen LogP contribution in [0.4, 0.5) is 32.3 Å². The van der Waals surface area contributed by atoms with Crippen LogP contribution in [0.5, 0.6) is 11.5 Å². The minimum absolute atomic E-state index is 0.0357. The number of hydrogen-bond acceptors (Lipinski definition) is 12. The highest BCUT2D eigenvalue weighted by molar-refractivity contribution is 6.15. The number of fused-ring (bicyclic) bond motifs is 4. The maximum Gasteiger partial charge on any atom is 0.410 e. The first kappa shape index (κ1) is 62.5. The van der Waals surface area contributed by atoms with E-state index in [1.807, 2.05) is 72.8 Å². The fourth-order valence-corrected chi connectivity index (χ4v) is 10.7. The lowest BCUT2D eigenvalue weighted by Gasteiger charge is -2.30. The van der Waals surface area contributed by atoms with E-state index in [1.54, 1.807) is 104 Å². The average molecular weight is 1200 g/mol. The summed E-state index contributed by atoms with van der Waals surface area (Å²) in [5, 5.41) is 9.16. The van der Waals surface area contributed by atoms with Crippen molar-refractivity contribution in [2.45, 2.75) is 104 Å². The van der Waals surface area contributed by atoms with Crippen molar-refractivity contribution in [3.63, 3.8) is 0 Å². The van der Waals surface area contributed by atoms with Gasteiger partial charge in [-0.1, -0.05) is 84.9 Å². The third-order valence-corrected chi connectivity index (χ3v) is 15.6. The highest BCUT2D eigenvalue weighted by atomic mass is 16.6. The molecule has 4 atom stereocenters. The van der Waals surface area contributed by atoms with Crippen LogP contribution in [0, 0.1) is 0 Å². The Bertz CT molecular complexity index is 3610. The smallest absolute Gasteiger partial charge is 0.410 e. The van der Waals surface area contributed by atoms with Crippen LogP contribution in [0.1, 0.15) is 87.2 Å². The standard InChI is InChI=1S/C68H74N8O12/c1-41(71(9)65(83)87-67(3,4)5)59(77)69-51-39-75(55-27-19-17-25-53(55)73(63(51)81)37-49-47-23-15-13-21-43(47)33-35-57(49)85-11)61(79)45-29-31-46(32-30-45)62(80)76-40-52(70-60(78)42(2)72(10)66(84)88-68(6,7)8)64(82)74(54-26-18-20-28-56(54)76)38-50-48-24-16-14-22-44(48)34-36-58(50)86-12/h13-36,41-42,51-52H,37-40H2,1-12H3,(H,69,77)(H,70,78)/t41-,42-,51-,52-/m0/s1. The van der Waals surface area contributed by atoms with E-state index in [0.29, 0.717) is 45.4 Å². The second-order valence-electron chi connectivity index (χ2n) is 23.8. The van der Waals surface area contributed by atoms with Gasteiger partial charge in [0.1, 0.15) is 46.9 Å². The van der Waals surface area contributed by atoms with E-state index >= 15 is 19.2 Å². The number of anilines is 4. The summed E-state index contributed by atoms with van der Waals surface area (Å²) >= 11 is 0. The summed E-state index contributed by atoms with van der Waals surface area (Å²) in [6, 6.07) is 37.5. The molecule has 2 N–H and O–H groups in total. The second kappa shape index (κ2) is 25.5. The van der Waals surface area contributed by atoms with Gasteiger partial charge in [0.2, 0.25) is 11.8 Å². The number of nitrogens with zero attached hydrogens (tertiary/aromatic N) is 6. The molecule has 458 valence electrons. The predicted octanol–water partition coefficient (Wildman–Crippen LogP) is 9.88. The molecule has 20 nitrogen and oxygen atoms in total. The number of amides is 8. The minimum Gasteiger partial charge on any atom is -0.496 e. The highest BCUT2D eigenvalue weighted by Crippen LogP contribution is 2.40. The van der Waals surface area contributed by atoms with Gasteiger partial charge in [-0.3, -0.25) is 38.6 Å². The first-order valence-electron chi connectivity index (χ1n) is 28.9. The quantitative estimate of drug-likeness (QED) is 0.104. The monoisotopic (exact) mass is 1190 g/mol. The number of para-hydroxylation sites is 4. The Labute approximate surface area is 511 Å². The van der Waals surface area contributed by atoms with Crippen molar-refractivity contribution in [3.8, 4) is 11.5 Å². The van der Waals surface area contributed by atoms with Gasteiger partial charge in [0.05, 0.1) is 63.1 Å². The lowest BCUT2D eigenvalue weighted by atomic mass is 10.0. The molecule has 0 bridgehead atoms. The topological polar surface area (TPSA) is 217 Å². The zero-order chi connectivity index (χ0) is 63.5. The van der Waals surface area contributed by atoms with Crippen molar-refractivity contribution in [1.82, 2.24) is 20.4 Å². The van der Waals surface area contributed by atoms with Gasteiger partial charge in [-0.15, -0.1) is 0 Å². The van der Waals surface area contributed by atoms with E-state index in [4.69, 9.17) is 18.9 Å². The minimum atomic E-state index is -1.37. The van der Waals surface area contributed by atoms with Crippen LogP contribution in [0.2, 0.25) is 0 Å². The number of carbonyl (C=O) groups is 8. The summed E-state index contributed by atoms with van der Waals surface area (Å²) in [7, 11) is 5.92. The summed E-state index contributed by atoms with van der Waals surface area (Å²) in [5.74, 6) is -2.62. The molecule has 0 radical (unpaired) electrons. The summed E-state index contributed by atoms with van der Waals surface area (Å²) in [6.45, 7) is 12.5. The number of methoxy groups -OCH3 is 2. The van der Waals surface area contributed by atoms with Crippen LogP contribution in [0.25, 0.3) is 21.5 Å². The van der Waals surface area contributed by atoms with Crippen LogP contribution >= 0.6 is 0 Å². The lowest BCUT2D eigenvalue weighted by Crippen LogP contribution is -2.57.